The van der Waals surface area contributed by atoms with E-state index in [1.165, 1.54) is 17.5 Å². The van der Waals surface area contributed by atoms with Crippen molar-refractivity contribution in [1.82, 2.24) is 0 Å². The first-order valence-electron chi connectivity index (χ1n) is 7.07. The second-order valence-corrected chi connectivity index (χ2v) is 5.24. The zero-order valence-corrected chi connectivity index (χ0v) is 11.7. The second-order valence-electron chi connectivity index (χ2n) is 5.24. The number of aryl methyl sites for hydroxylation is 1. The number of ether oxygens (including phenoxy) is 1. The first-order valence-corrected chi connectivity index (χ1v) is 7.07. The summed E-state index contributed by atoms with van der Waals surface area (Å²) in [6.45, 7) is 4.35. The van der Waals surface area contributed by atoms with Gasteiger partial charge in [-0.3, -0.25) is 0 Å². The summed E-state index contributed by atoms with van der Waals surface area (Å²) in [6.07, 6.45) is 4.92. The lowest BCUT2D eigenvalue weighted by molar-refractivity contribution is 0.143. The molecule has 1 N–H and O–H groups in total. The maximum absolute atomic E-state index is 10.5. The summed E-state index contributed by atoms with van der Waals surface area (Å²) in [7, 11) is 1.71. The minimum Gasteiger partial charge on any atom is -0.496 e. The van der Waals surface area contributed by atoms with Crippen molar-refractivity contribution in [2.45, 2.75) is 52.1 Å². The molecule has 0 saturated heterocycles. The zero-order valence-electron chi connectivity index (χ0n) is 11.7. The van der Waals surface area contributed by atoms with Gasteiger partial charge in [0.1, 0.15) is 5.75 Å². The fourth-order valence-corrected chi connectivity index (χ4v) is 3.16. The predicted molar refractivity (Wildman–Crippen MR) is 74.1 cm³/mol. The molecule has 100 valence electrons. The third kappa shape index (κ3) is 2.39. The monoisotopic (exact) mass is 248 g/mol. The highest BCUT2D eigenvalue weighted by Crippen LogP contribution is 2.38. The van der Waals surface area contributed by atoms with Crippen LogP contribution < -0.4 is 4.74 Å². The standard InChI is InChI=1S/C16H24O2/c1-4-11-6-7-12-8-9-15(18-3)13(5-2)16(12)14(17)10-11/h8-9,11,14,17H,4-7,10H2,1-3H3. The molecule has 2 unspecified atom stereocenters. The van der Waals surface area contributed by atoms with Crippen LogP contribution in [0.1, 0.15) is 55.9 Å². The van der Waals surface area contributed by atoms with Gasteiger partial charge in [0.15, 0.2) is 0 Å². The van der Waals surface area contributed by atoms with E-state index < -0.39 is 0 Å². The van der Waals surface area contributed by atoms with Crippen molar-refractivity contribution in [1.29, 1.82) is 0 Å². The highest BCUT2D eigenvalue weighted by atomic mass is 16.5. The number of hydrogen-bond acceptors (Lipinski definition) is 2. The van der Waals surface area contributed by atoms with Crippen molar-refractivity contribution in [3.8, 4) is 5.75 Å². The lowest BCUT2D eigenvalue weighted by Crippen LogP contribution is -2.07. The number of aliphatic hydroxyl groups is 1. The van der Waals surface area contributed by atoms with Crippen molar-refractivity contribution >= 4 is 0 Å². The summed E-state index contributed by atoms with van der Waals surface area (Å²) >= 11 is 0. The van der Waals surface area contributed by atoms with E-state index in [9.17, 15) is 5.11 Å². The average molecular weight is 248 g/mol. The fraction of sp³-hybridized carbons (Fsp3) is 0.625. The average Bonchev–Trinajstić information content (AvgIpc) is 2.57. The molecule has 0 bridgehead atoms. The first kappa shape index (κ1) is 13.4. The molecule has 2 heteroatoms. The SMILES string of the molecule is CCc1c(OC)ccc2c1C(O)CC(CC)CC2. The Morgan fingerprint density at radius 2 is 2.11 bits per heavy atom. The van der Waals surface area contributed by atoms with Gasteiger partial charge in [0.25, 0.3) is 0 Å². The van der Waals surface area contributed by atoms with Gasteiger partial charge in [0.05, 0.1) is 13.2 Å². The van der Waals surface area contributed by atoms with Gasteiger partial charge in [-0.25, -0.2) is 0 Å². The van der Waals surface area contributed by atoms with Crippen LogP contribution in [0.5, 0.6) is 5.75 Å². The molecular formula is C16H24O2. The number of hydrogen-bond donors (Lipinski definition) is 1. The van der Waals surface area contributed by atoms with Crippen molar-refractivity contribution in [2.24, 2.45) is 5.92 Å². The summed E-state index contributed by atoms with van der Waals surface area (Å²) in [5.41, 5.74) is 3.66. The van der Waals surface area contributed by atoms with Gasteiger partial charge in [-0.15, -0.1) is 0 Å². The molecule has 0 saturated carbocycles. The minimum atomic E-state index is -0.322. The first-order chi connectivity index (χ1) is 8.71. The Kier molecular flexibility index (Phi) is 4.28. The normalized spacial score (nSPS) is 23.3. The highest BCUT2D eigenvalue weighted by molar-refractivity contribution is 5.47. The van der Waals surface area contributed by atoms with Crippen molar-refractivity contribution < 1.29 is 9.84 Å². The number of rotatable bonds is 3. The van der Waals surface area contributed by atoms with Gasteiger partial charge in [-0.1, -0.05) is 26.3 Å². The summed E-state index contributed by atoms with van der Waals surface area (Å²) in [5, 5.41) is 10.5. The third-order valence-electron chi connectivity index (χ3n) is 4.27. The van der Waals surface area contributed by atoms with Crippen LogP contribution in [0.4, 0.5) is 0 Å². The maximum atomic E-state index is 10.5. The van der Waals surface area contributed by atoms with Gasteiger partial charge < -0.3 is 9.84 Å². The van der Waals surface area contributed by atoms with Crippen LogP contribution >= 0.6 is 0 Å². The van der Waals surface area contributed by atoms with E-state index in [0.717, 1.165) is 37.0 Å². The quantitative estimate of drug-likeness (QED) is 0.827. The molecule has 1 aromatic carbocycles. The van der Waals surface area contributed by atoms with Gasteiger partial charge in [-0.2, -0.15) is 0 Å². The van der Waals surface area contributed by atoms with Crippen molar-refractivity contribution in [3.05, 3.63) is 28.8 Å². The summed E-state index contributed by atoms with van der Waals surface area (Å²) < 4.78 is 5.43. The molecule has 1 aliphatic rings. The predicted octanol–water partition coefficient (Wildman–Crippen LogP) is 3.65. The number of fused-ring (bicyclic) bond motifs is 1. The van der Waals surface area contributed by atoms with E-state index in [-0.39, 0.29) is 6.10 Å². The summed E-state index contributed by atoms with van der Waals surface area (Å²) in [4.78, 5) is 0. The highest BCUT2D eigenvalue weighted by Gasteiger charge is 2.25. The van der Waals surface area contributed by atoms with Gasteiger partial charge in [-0.05, 0) is 54.4 Å². The van der Waals surface area contributed by atoms with Crippen LogP contribution in [-0.2, 0) is 12.8 Å². The molecule has 2 rings (SSSR count). The molecule has 1 aliphatic carbocycles. The molecule has 0 spiro atoms. The largest absolute Gasteiger partial charge is 0.496 e. The van der Waals surface area contributed by atoms with E-state index in [1.54, 1.807) is 7.11 Å². The molecule has 18 heavy (non-hydrogen) atoms. The molecule has 2 atom stereocenters. The van der Waals surface area contributed by atoms with E-state index in [1.807, 2.05) is 0 Å². The van der Waals surface area contributed by atoms with Gasteiger partial charge >= 0.3 is 0 Å². The van der Waals surface area contributed by atoms with E-state index in [0.29, 0.717) is 5.92 Å². The van der Waals surface area contributed by atoms with Gasteiger partial charge in [0, 0.05) is 0 Å². The minimum absolute atomic E-state index is 0.322. The molecule has 1 aromatic rings. The van der Waals surface area contributed by atoms with Crippen molar-refractivity contribution in [3.63, 3.8) is 0 Å². The Hall–Kier alpha value is -1.02. The third-order valence-corrected chi connectivity index (χ3v) is 4.27. The van der Waals surface area contributed by atoms with Crippen LogP contribution in [0.2, 0.25) is 0 Å². The Balaban J connectivity index is 2.45. The zero-order chi connectivity index (χ0) is 13.1. The topological polar surface area (TPSA) is 29.5 Å². The van der Waals surface area contributed by atoms with Crippen LogP contribution in [-0.4, -0.2) is 12.2 Å². The van der Waals surface area contributed by atoms with Gasteiger partial charge in [0.2, 0.25) is 0 Å². The number of methoxy groups -OCH3 is 1. The Bertz CT molecular complexity index is 412. The second kappa shape index (κ2) is 5.75. The molecule has 0 radical (unpaired) electrons. The molecule has 0 aromatic heterocycles. The van der Waals surface area contributed by atoms with Crippen molar-refractivity contribution in [2.75, 3.05) is 7.11 Å². The Morgan fingerprint density at radius 3 is 2.72 bits per heavy atom. The van der Waals surface area contributed by atoms with E-state index in [4.69, 9.17) is 4.74 Å². The molecule has 2 nitrogen and oxygen atoms in total. The Morgan fingerprint density at radius 1 is 1.33 bits per heavy atom. The Labute approximate surface area is 110 Å². The summed E-state index contributed by atoms with van der Waals surface area (Å²) in [5.74, 6) is 1.56. The fourth-order valence-electron chi connectivity index (χ4n) is 3.16. The van der Waals surface area contributed by atoms with Crippen LogP contribution in [0.25, 0.3) is 0 Å². The smallest absolute Gasteiger partial charge is 0.122 e. The van der Waals surface area contributed by atoms with E-state index >= 15 is 0 Å². The maximum Gasteiger partial charge on any atom is 0.122 e. The van der Waals surface area contributed by atoms with Crippen LogP contribution in [0.3, 0.4) is 0 Å². The molecule has 0 fully saturated rings. The number of benzene rings is 1. The van der Waals surface area contributed by atoms with Crippen LogP contribution in [0.15, 0.2) is 12.1 Å². The van der Waals surface area contributed by atoms with E-state index in [2.05, 4.69) is 26.0 Å². The molecular weight excluding hydrogens is 224 g/mol. The molecule has 0 aliphatic heterocycles. The van der Waals surface area contributed by atoms with Crippen LogP contribution in [0, 0.1) is 5.92 Å². The molecule has 0 heterocycles. The lowest BCUT2D eigenvalue weighted by Gasteiger charge is -2.20. The lowest BCUT2D eigenvalue weighted by atomic mass is 9.92. The molecule has 0 amide bonds. The summed E-state index contributed by atoms with van der Waals surface area (Å²) in [6, 6.07) is 4.19. The number of aliphatic hydroxyl groups excluding tert-OH is 1.